The number of nitrogens with one attached hydrogen (secondary N) is 2. The number of aromatic carboxylic acids is 1. The molecule has 0 radical (unpaired) electrons. The molecule has 1 aliphatic heterocycles. The van der Waals surface area contributed by atoms with Crippen molar-refractivity contribution in [3.05, 3.63) is 18.0 Å². The van der Waals surface area contributed by atoms with Gasteiger partial charge in [0.2, 0.25) is 10.0 Å². The molecule has 0 bridgehead atoms. The predicted molar refractivity (Wildman–Crippen MR) is 71.1 cm³/mol. The molecule has 2 rings (SSSR count). The van der Waals surface area contributed by atoms with E-state index in [4.69, 9.17) is 9.84 Å². The Balaban J connectivity index is 2.12. The molecule has 20 heavy (non-hydrogen) atoms. The van der Waals surface area contributed by atoms with Crippen molar-refractivity contribution < 1.29 is 23.1 Å². The van der Waals surface area contributed by atoms with Gasteiger partial charge in [0.25, 0.3) is 0 Å². The Labute approximate surface area is 117 Å². The third kappa shape index (κ3) is 3.38. The maximum Gasteiger partial charge on any atom is 0.352 e. The fourth-order valence-corrected chi connectivity index (χ4v) is 3.54. The van der Waals surface area contributed by atoms with E-state index >= 15 is 0 Å². The van der Waals surface area contributed by atoms with Gasteiger partial charge in [-0.15, -0.1) is 0 Å². The number of sulfonamides is 1. The molecule has 2 heterocycles. The van der Waals surface area contributed by atoms with Crippen LogP contribution in [0.5, 0.6) is 0 Å². The van der Waals surface area contributed by atoms with Crippen molar-refractivity contribution in [2.24, 2.45) is 0 Å². The molecule has 7 nitrogen and oxygen atoms in total. The van der Waals surface area contributed by atoms with Crippen LogP contribution in [0.3, 0.4) is 0 Å². The van der Waals surface area contributed by atoms with Crippen LogP contribution in [0.1, 0.15) is 37.2 Å². The quantitative estimate of drug-likeness (QED) is 0.767. The lowest BCUT2D eigenvalue weighted by atomic mass is 9.95. The number of aromatic amines is 1. The van der Waals surface area contributed by atoms with Crippen molar-refractivity contribution in [1.82, 2.24) is 9.71 Å². The number of aromatic nitrogens is 1. The molecule has 1 atom stereocenters. The molecular formula is C12H18N2O5S. The van der Waals surface area contributed by atoms with Gasteiger partial charge in [0.15, 0.2) is 0 Å². The molecule has 8 heteroatoms. The number of rotatable bonds is 4. The zero-order chi connectivity index (χ0) is 15.0. The molecule has 0 spiro atoms. The summed E-state index contributed by atoms with van der Waals surface area (Å²) in [4.78, 5) is 13.1. The number of ether oxygens (including phenoxy) is 1. The van der Waals surface area contributed by atoms with E-state index in [0.29, 0.717) is 19.4 Å². The molecule has 0 aliphatic carbocycles. The zero-order valence-corrected chi connectivity index (χ0v) is 12.2. The summed E-state index contributed by atoms with van der Waals surface area (Å²) in [6.07, 6.45) is 2.34. The van der Waals surface area contributed by atoms with E-state index in [9.17, 15) is 13.2 Å². The van der Waals surface area contributed by atoms with Crippen molar-refractivity contribution >= 4 is 16.0 Å². The number of carbonyl (C=O) groups is 1. The van der Waals surface area contributed by atoms with Crippen molar-refractivity contribution in [3.63, 3.8) is 0 Å². The van der Waals surface area contributed by atoms with Crippen molar-refractivity contribution in [2.45, 2.75) is 43.2 Å². The van der Waals surface area contributed by atoms with Crippen LogP contribution in [0.25, 0.3) is 0 Å². The lowest BCUT2D eigenvalue weighted by molar-refractivity contribution is -0.0599. The molecule has 0 saturated carbocycles. The third-order valence-electron chi connectivity index (χ3n) is 3.22. The highest BCUT2D eigenvalue weighted by Gasteiger charge is 2.32. The molecule has 1 fully saturated rings. The van der Waals surface area contributed by atoms with Crippen LogP contribution in [0.15, 0.2) is 17.2 Å². The van der Waals surface area contributed by atoms with E-state index < -0.39 is 16.0 Å². The van der Waals surface area contributed by atoms with Gasteiger partial charge in [0.05, 0.1) is 5.60 Å². The monoisotopic (exact) mass is 302 g/mol. The summed E-state index contributed by atoms with van der Waals surface area (Å²) in [5.74, 6) is -1.20. The highest BCUT2D eigenvalue weighted by Crippen LogP contribution is 2.25. The summed E-state index contributed by atoms with van der Waals surface area (Å²) in [7, 11) is -3.72. The minimum Gasteiger partial charge on any atom is -0.477 e. The number of hydrogen-bond donors (Lipinski definition) is 3. The maximum absolute atomic E-state index is 12.2. The Morgan fingerprint density at radius 1 is 1.55 bits per heavy atom. The molecule has 1 aliphatic rings. The number of hydrogen-bond acceptors (Lipinski definition) is 4. The summed E-state index contributed by atoms with van der Waals surface area (Å²) >= 11 is 0. The average molecular weight is 302 g/mol. The fraction of sp³-hybridized carbons (Fsp3) is 0.583. The summed E-state index contributed by atoms with van der Waals surface area (Å²) in [6, 6.07) is 0.890. The van der Waals surface area contributed by atoms with Gasteiger partial charge >= 0.3 is 5.97 Å². The van der Waals surface area contributed by atoms with Gasteiger partial charge in [-0.3, -0.25) is 0 Å². The van der Waals surface area contributed by atoms with Crippen LogP contribution in [-0.2, 0) is 14.8 Å². The topological polar surface area (TPSA) is 108 Å². The minimum atomic E-state index is -3.72. The molecule has 0 amide bonds. The Hall–Kier alpha value is -1.38. The van der Waals surface area contributed by atoms with Crippen molar-refractivity contribution in [3.8, 4) is 0 Å². The lowest BCUT2D eigenvalue weighted by Gasteiger charge is -2.35. The van der Waals surface area contributed by atoms with Gasteiger partial charge in [-0.1, -0.05) is 0 Å². The van der Waals surface area contributed by atoms with Crippen LogP contribution < -0.4 is 4.72 Å². The minimum absolute atomic E-state index is 0.0702. The van der Waals surface area contributed by atoms with Crippen LogP contribution in [0, 0.1) is 0 Å². The summed E-state index contributed by atoms with van der Waals surface area (Å²) in [6.45, 7) is 4.31. The first-order valence-corrected chi connectivity index (χ1v) is 7.76. The lowest BCUT2D eigenvalue weighted by Crippen LogP contribution is -2.45. The smallest absolute Gasteiger partial charge is 0.352 e. The standard InChI is InChI=1S/C12H18N2O5S/c1-12(2)6-8(3-4-19-12)14-20(17,18)9-5-10(11(15)16)13-7-9/h5,7-8,13-14H,3-4,6H2,1-2H3,(H,15,16). The van der Waals surface area contributed by atoms with Crippen LogP contribution in [-0.4, -0.2) is 42.7 Å². The first kappa shape index (κ1) is 15.0. The van der Waals surface area contributed by atoms with Crippen molar-refractivity contribution in [2.75, 3.05) is 6.61 Å². The highest BCUT2D eigenvalue weighted by molar-refractivity contribution is 7.89. The SMILES string of the molecule is CC1(C)CC(NS(=O)(=O)c2c[nH]c(C(=O)O)c2)CCO1. The van der Waals surface area contributed by atoms with Crippen LogP contribution >= 0.6 is 0 Å². The Bertz CT molecular complexity index is 605. The highest BCUT2D eigenvalue weighted by atomic mass is 32.2. The molecule has 3 N–H and O–H groups in total. The molecule has 1 aromatic heterocycles. The predicted octanol–water partition coefficient (Wildman–Crippen LogP) is 0.949. The Morgan fingerprint density at radius 3 is 2.80 bits per heavy atom. The van der Waals surface area contributed by atoms with Crippen LogP contribution in [0.4, 0.5) is 0 Å². The van der Waals surface area contributed by atoms with E-state index in [1.165, 1.54) is 6.20 Å². The summed E-state index contributed by atoms with van der Waals surface area (Å²) in [5.41, 5.74) is -0.520. The Kier molecular flexibility index (Phi) is 3.90. The van der Waals surface area contributed by atoms with E-state index in [1.54, 1.807) is 0 Å². The van der Waals surface area contributed by atoms with E-state index in [0.717, 1.165) is 6.07 Å². The van der Waals surface area contributed by atoms with E-state index in [2.05, 4.69) is 9.71 Å². The second-order valence-electron chi connectivity index (χ2n) is 5.47. The van der Waals surface area contributed by atoms with Gasteiger partial charge in [0, 0.05) is 18.8 Å². The molecule has 112 valence electrons. The second-order valence-corrected chi connectivity index (χ2v) is 7.19. The first-order chi connectivity index (χ1) is 9.20. The number of carboxylic acid groups (broad SMARTS) is 1. The van der Waals surface area contributed by atoms with Gasteiger partial charge < -0.3 is 14.8 Å². The number of H-pyrrole nitrogens is 1. The van der Waals surface area contributed by atoms with Gasteiger partial charge in [-0.05, 0) is 32.8 Å². The summed E-state index contributed by atoms with van der Waals surface area (Å²) in [5, 5.41) is 8.79. The average Bonchev–Trinajstić information content (AvgIpc) is 2.76. The molecule has 0 aromatic carbocycles. The van der Waals surface area contributed by atoms with Gasteiger partial charge in [-0.25, -0.2) is 17.9 Å². The van der Waals surface area contributed by atoms with Crippen molar-refractivity contribution in [1.29, 1.82) is 0 Å². The summed E-state index contributed by atoms with van der Waals surface area (Å²) < 4.78 is 32.5. The normalized spacial score (nSPS) is 22.6. The zero-order valence-electron chi connectivity index (χ0n) is 11.3. The van der Waals surface area contributed by atoms with Crippen LogP contribution in [0.2, 0.25) is 0 Å². The van der Waals surface area contributed by atoms with Gasteiger partial charge in [0.1, 0.15) is 10.6 Å². The third-order valence-corrected chi connectivity index (χ3v) is 4.72. The van der Waals surface area contributed by atoms with E-state index in [-0.39, 0.29) is 22.2 Å². The molecule has 1 unspecified atom stereocenters. The Morgan fingerprint density at radius 2 is 2.25 bits per heavy atom. The molecule has 1 saturated heterocycles. The molecular weight excluding hydrogens is 284 g/mol. The second kappa shape index (κ2) is 5.19. The fourth-order valence-electron chi connectivity index (χ4n) is 2.27. The largest absolute Gasteiger partial charge is 0.477 e. The van der Waals surface area contributed by atoms with E-state index in [1.807, 2.05) is 13.8 Å². The number of carboxylic acids is 1. The maximum atomic E-state index is 12.2. The molecule has 1 aromatic rings. The van der Waals surface area contributed by atoms with Gasteiger partial charge in [-0.2, -0.15) is 0 Å². The first-order valence-electron chi connectivity index (χ1n) is 6.28.